The Kier molecular flexibility index (Phi) is 6.02. The molecule has 2 aromatic carbocycles. The third-order valence-corrected chi connectivity index (χ3v) is 5.80. The number of aryl methyl sites for hydroxylation is 1. The van der Waals surface area contributed by atoms with Crippen molar-refractivity contribution in [3.05, 3.63) is 66.4 Å². The number of aromatic nitrogens is 1. The number of para-hydroxylation sites is 2. The highest BCUT2D eigenvalue weighted by atomic mass is 16.2. The van der Waals surface area contributed by atoms with E-state index in [-0.39, 0.29) is 18.0 Å². The number of benzene rings is 2. The number of nitrogens with one attached hydrogen (secondary N) is 2. The Bertz CT molecular complexity index is 1030. The van der Waals surface area contributed by atoms with Crippen LogP contribution in [-0.4, -0.2) is 40.5 Å². The first-order valence-electron chi connectivity index (χ1n) is 10.5. The first-order valence-corrected chi connectivity index (χ1v) is 10.5. The summed E-state index contributed by atoms with van der Waals surface area (Å²) in [7, 11) is 2.01. The van der Waals surface area contributed by atoms with Crippen molar-refractivity contribution in [1.29, 1.82) is 0 Å². The van der Waals surface area contributed by atoms with Gasteiger partial charge < -0.3 is 20.1 Å². The van der Waals surface area contributed by atoms with Gasteiger partial charge in [0.25, 0.3) is 0 Å². The molecule has 1 aliphatic heterocycles. The Balaban J connectivity index is 1.39. The first-order chi connectivity index (χ1) is 14.6. The quantitative estimate of drug-likeness (QED) is 0.677. The molecule has 1 fully saturated rings. The number of hydrogen-bond acceptors (Lipinski definition) is 2. The minimum Gasteiger partial charge on any atom is -0.350 e. The molecule has 0 spiro atoms. The lowest BCUT2D eigenvalue weighted by atomic mass is 10.0. The lowest BCUT2D eigenvalue weighted by Gasteiger charge is -2.36. The predicted octanol–water partition coefficient (Wildman–Crippen LogP) is 3.92. The first kappa shape index (κ1) is 20.0. The molecule has 3 aromatic rings. The highest BCUT2D eigenvalue weighted by molar-refractivity contribution is 5.90. The standard InChI is InChI=1S/C24H28N4O2/c1-27-17-18(21-12-5-6-13-22(21)27)15-23(29)28-14-8-7-11-20(28)16-25-24(30)26-19-9-3-2-4-10-19/h2-6,9-10,12-13,17,20H,7-8,11,14-16H2,1H3,(H2,25,26,30). The van der Waals surface area contributed by atoms with E-state index in [0.717, 1.165) is 48.0 Å². The topological polar surface area (TPSA) is 66.4 Å². The van der Waals surface area contributed by atoms with Gasteiger partial charge >= 0.3 is 6.03 Å². The summed E-state index contributed by atoms with van der Waals surface area (Å²) < 4.78 is 2.07. The Hall–Kier alpha value is -3.28. The van der Waals surface area contributed by atoms with E-state index < -0.39 is 0 Å². The van der Waals surface area contributed by atoms with Crippen LogP contribution >= 0.6 is 0 Å². The average molecular weight is 405 g/mol. The van der Waals surface area contributed by atoms with Crippen LogP contribution in [0.4, 0.5) is 10.5 Å². The van der Waals surface area contributed by atoms with Gasteiger partial charge in [-0.15, -0.1) is 0 Å². The number of amides is 3. The summed E-state index contributed by atoms with van der Waals surface area (Å²) in [4.78, 5) is 27.4. The minimum atomic E-state index is -0.242. The molecule has 6 nitrogen and oxygen atoms in total. The van der Waals surface area contributed by atoms with Crippen LogP contribution in [0, 0.1) is 0 Å². The molecule has 0 radical (unpaired) electrons. The maximum Gasteiger partial charge on any atom is 0.319 e. The fraction of sp³-hybridized carbons (Fsp3) is 0.333. The van der Waals surface area contributed by atoms with E-state index in [1.54, 1.807) is 0 Å². The SMILES string of the molecule is Cn1cc(CC(=O)N2CCCCC2CNC(=O)Nc2ccccc2)c2ccccc21. The second-order valence-electron chi connectivity index (χ2n) is 7.90. The summed E-state index contributed by atoms with van der Waals surface area (Å²) in [5, 5.41) is 6.89. The maximum absolute atomic E-state index is 13.2. The van der Waals surface area contributed by atoms with Crippen LogP contribution in [0.15, 0.2) is 60.8 Å². The maximum atomic E-state index is 13.2. The molecule has 30 heavy (non-hydrogen) atoms. The molecule has 0 bridgehead atoms. The van der Waals surface area contributed by atoms with E-state index in [0.29, 0.717) is 13.0 Å². The zero-order valence-corrected chi connectivity index (χ0v) is 17.3. The Morgan fingerprint density at radius 2 is 1.80 bits per heavy atom. The molecule has 2 N–H and O–H groups in total. The van der Waals surface area contributed by atoms with E-state index in [2.05, 4.69) is 27.3 Å². The summed E-state index contributed by atoms with van der Waals surface area (Å²) in [5.74, 6) is 0.126. The molecular weight excluding hydrogens is 376 g/mol. The number of fused-ring (bicyclic) bond motifs is 1. The molecule has 1 aromatic heterocycles. The number of likely N-dealkylation sites (tertiary alicyclic amines) is 1. The summed E-state index contributed by atoms with van der Waals surface area (Å²) in [6, 6.07) is 17.3. The van der Waals surface area contributed by atoms with Gasteiger partial charge in [0.1, 0.15) is 0 Å². The summed E-state index contributed by atoms with van der Waals surface area (Å²) in [6.07, 6.45) is 5.42. The van der Waals surface area contributed by atoms with Crippen molar-refractivity contribution in [2.75, 3.05) is 18.4 Å². The van der Waals surface area contributed by atoms with Crippen LogP contribution in [0.25, 0.3) is 10.9 Å². The number of piperidine rings is 1. The fourth-order valence-corrected chi connectivity index (χ4v) is 4.28. The summed E-state index contributed by atoms with van der Waals surface area (Å²) >= 11 is 0. The van der Waals surface area contributed by atoms with Gasteiger partial charge in [0.15, 0.2) is 0 Å². The molecule has 156 valence electrons. The highest BCUT2D eigenvalue weighted by Crippen LogP contribution is 2.23. The van der Waals surface area contributed by atoms with Gasteiger partial charge in [-0.3, -0.25) is 4.79 Å². The van der Waals surface area contributed by atoms with Gasteiger partial charge in [-0.2, -0.15) is 0 Å². The number of urea groups is 1. The number of hydrogen-bond donors (Lipinski definition) is 2. The van der Waals surface area contributed by atoms with Crippen molar-refractivity contribution in [3.63, 3.8) is 0 Å². The van der Waals surface area contributed by atoms with Crippen molar-refractivity contribution in [2.24, 2.45) is 7.05 Å². The Labute approximate surface area is 176 Å². The molecule has 1 saturated heterocycles. The van der Waals surface area contributed by atoms with E-state index in [4.69, 9.17) is 0 Å². The van der Waals surface area contributed by atoms with E-state index in [1.165, 1.54) is 0 Å². The highest BCUT2D eigenvalue weighted by Gasteiger charge is 2.27. The lowest BCUT2D eigenvalue weighted by Crippen LogP contribution is -2.50. The Morgan fingerprint density at radius 3 is 2.63 bits per heavy atom. The van der Waals surface area contributed by atoms with Crippen molar-refractivity contribution in [1.82, 2.24) is 14.8 Å². The van der Waals surface area contributed by atoms with Crippen LogP contribution in [0.3, 0.4) is 0 Å². The van der Waals surface area contributed by atoms with Gasteiger partial charge in [-0.25, -0.2) is 4.79 Å². The van der Waals surface area contributed by atoms with Gasteiger partial charge in [0, 0.05) is 49.0 Å². The molecule has 1 aliphatic rings. The second kappa shape index (κ2) is 9.03. The largest absolute Gasteiger partial charge is 0.350 e. The van der Waals surface area contributed by atoms with Crippen molar-refractivity contribution >= 4 is 28.5 Å². The van der Waals surface area contributed by atoms with Gasteiger partial charge in [-0.1, -0.05) is 36.4 Å². The van der Waals surface area contributed by atoms with E-state index in [9.17, 15) is 9.59 Å². The molecule has 1 atom stereocenters. The smallest absolute Gasteiger partial charge is 0.319 e. The average Bonchev–Trinajstić information content (AvgIpc) is 3.08. The Morgan fingerprint density at radius 1 is 1.03 bits per heavy atom. The zero-order chi connectivity index (χ0) is 20.9. The number of rotatable bonds is 5. The predicted molar refractivity (Wildman–Crippen MR) is 119 cm³/mol. The molecule has 0 saturated carbocycles. The monoisotopic (exact) mass is 404 g/mol. The van der Waals surface area contributed by atoms with Crippen LogP contribution in [0.1, 0.15) is 24.8 Å². The second-order valence-corrected chi connectivity index (χ2v) is 7.90. The number of anilines is 1. The van der Waals surface area contributed by atoms with E-state index in [1.807, 2.05) is 60.6 Å². The normalized spacial score (nSPS) is 16.4. The van der Waals surface area contributed by atoms with Crippen molar-refractivity contribution < 1.29 is 9.59 Å². The molecule has 6 heteroatoms. The van der Waals surface area contributed by atoms with Crippen LogP contribution in [0.5, 0.6) is 0 Å². The molecule has 2 heterocycles. The molecule has 0 aliphatic carbocycles. The zero-order valence-electron chi connectivity index (χ0n) is 17.3. The fourth-order valence-electron chi connectivity index (χ4n) is 4.28. The van der Waals surface area contributed by atoms with Crippen LogP contribution < -0.4 is 10.6 Å². The van der Waals surface area contributed by atoms with Gasteiger partial charge in [-0.05, 0) is 43.0 Å². The third-order valence-electron chi connectivity index (χ3n) is 5.80. The third kappa shape index (κ3) is 4.48. The van der Waals surface area contributed by atoms with Crippen LogP contribution in [-0.2, 0) is 18.3 Å². The number of carbonyl (C=O) groups is 2. The molecule has 3 amide bonds. The van der Waals surface area contributed by atoms with Crippen LogP contribution in [0.2, 0.25) is 0 Å². The van der Waals surface area contributed by atoms with Gasteiger partial charge in [0.05, 0.1) is 6.42 Å². The molecule has 4 rings (SSSR count). The number of nitrogens with zero attached hydrogens (tertiary/aromatic N) is 2. The molecule has 1 unspecified atom stereocenters. The summed E-state index contributed by atoms with van der Waals surface area (Å²) in [5.41, 5.74) is 2.94. The number of carbonyl (C=O) groups excluding carboxylic acids is 2. The van der Waals surface area contributed by atoms with Crippen molar-refractivity contribution in [3.8, 4) is 0 Å². The van der Waals surface area contributed by atoms with E-state index >= 15 is 0 Å². The minimum absolute atomic E-state index is 0.0303. The lowest BCUT2D eigenvalue weighted by molar-refractivity contribution is -0.134. The van der Waals surface area contributed by atoms with Crippen molar-refractivity contribution in [2.45, 2.75) is 31.7 Å². The summed E-state index contributed by atoms with van der Waals surface area (Å²) in [6.45, 7) is 1.20. The molecular formula is C24H28N4O2. The van der Waals surface area contributed by atoms with Gasteiger partial charge in [0.2, 0.25) is 5.91 Å².